The van der Waals surface area contributed by atoms with Crippen molar-refractivity contribution in [2.24, 2.45) is 0 Å². The molecule has 0 aliphatic rings. The Kier molecular flexibility index (Phi) is 4.35. The third kappa shape index (κ3) is 3.34. The number of fused-ring (bicyclic) bond motifs is 1. The van der Waals surface area contributed by atoms with Gasteiger partial charge in [0.2, 0.25) is 0 Å². The SMILES string of the molecule is CCc1cnc(CNc2nc(-c3ccncc3)nc3ccccc23)s1. The molecule has 3 heterocycles. The Bertz CT molecular complexity index is 997. The van der Waals surface area contributed by atoms with Gasteiger partial charge >= 0.3 is 0 Å². The van der Waals surface area contributed by atoms with Gasteiger partial charge in [-0.25, -0.2) is 15.0 Å². The summed E-state index contributed by atoms with van der Waals surface area (Å²) in [5.74, 6) is 1.52. The summed E-state index contributed by atoms with van der Waals surface area (Å²) in [4.78, 5) is 19.3. The van der Waals surface area contributed by atoms with E-state index in [4.69, 9.17) is 4.98 Å². The standard InChI is InChI=1S/C19H17N5S/c1-2-14-11-21-17(25-14)12-22-19-15-5-3-4-6-16(15)23-18(24-19)13-7-9-20-10-8-13/h3-11H,2,12H2,1H3,(H,22,23,24). The van der Waals surface area contributed by atoms with Crippen LogP contribution >= 0.6 is 11.3 Å². The lowest BCUT2D eigenvalue weighted by Gasteiger charge is -2.10. The number of hydrogen-bond acceptors (Lipinski definition) is 6. The van der Waals surface area contributed by atoms with Crippen LogP contribution in [0.25, 0.3) is 22.3 Å². The second kappa shape index (κ2) is 6.94. The Labute approximate surface area is 149 Å². The number of para-hydroxylation sites is 1. The third-order valence-electron chi connectivity index (χ3n) is 3.90. The first-order valence-electron chi connectivity index (χ1n) is 8.18. The van der Waals surface area contributed by atoms with Gasteiger partial charge in [0.1, 0.15) is 10.8 Å². The first-order chi connectivity index (χ1) is 12.3. The van der Waals surface area contributed by atoms with Crippen LogP contribution in [-0.2, 0) is 13.0 Å². The maximum absolute atomic E-state index is 4.74. The van der Waals surface area contributed by atoms with Crippen molar-refractivity contribution in [2.75, 3.05) is 5.32 Å². The highest BCUT2D eigenvalue weighted by atomic mass is 32.1. The Morgan fingerprint density at radius 3 is 2.68 bits per heavy atom. The summed E-state index contributed by atoms with van der Waals surface area (Å²) in [6.45, 7) is 2.80. The lowest BCUT2D eigenvalue weighted by atomic mass is 10.2. The fourth-order valence-corrected chi connectivity index (χ4v) is 3.40. The number of anilines is 1. The average Bonchev–Trinajstić information content (AvgIpc) is 3.15. The van der Waals surface area contributed by atoms with E-state index >= 15 is 0 Å². The number of aromatic nitrogens is 4. The molecule has 0 aliphatic heterocycles. The van der Waals surface area contributed by atoms with E-state index in [-0.39, 0.29) is 0 Å². The number of pyridine rings is 1. The van der Waals surface area contributed by atoms with Gasteiger partial charge in [-0.1, -0.05) is 19.1 Å². The zero-order valence-corrected chi connectivity index (χ0v) is 14.6. The van der Waals surface area contributed by atoms with Crippen LogP contribution in [0.4, 0.5) is 5.82 Å². The Hall–Kier alpha value is -2.86. The lowest BCUT2D eigenvalue weighted by molar-refractivity contribution is 1.07. The molecule has 4 rings (SSSR count). The molecule has 1 aromatic carbocycles. The van der Waals surface area contributed by atoms with Gasteiger partial charge < -0.3 is 5.32 Å². The van der Waals surface area contributed by atoms with Gasteiger partial charge in [-0.15, -0.1) is 11.3 Å². The highest BCUT2D eigenvalue weighted by Crippen LogP contribution is 2.25. The highest BCUT2D eigenvalue weighted by Gasteiger charge is 2.10. The average molecular weight is 347 g/mol. The van der Waals surface area contributed by atoms with E-state index in [1.165, 1.54) is 4.88 Å². The molecule has 5 nitrogen and oxygen atoms in total. The molecule has 1 N–H and O–H groups in total. The van der Waals surface area contributed by atoms with E-state index in [1.54, 1.807) is 23.7 Å². The van der Waals surface area contributed by atoms with E-state index < -0.39 is 0 Å². The van der Waals surface area contributed by atoms with Crippen LogP contribution in [0.3, 0.4) is 0 Å². The summed E-state index contributed by atoms with van der Waals surface area (Å²) in [5, 5.41) is 5.50. The molecular formula is C19H17N5S. The maximum Gasteiger partial charge on any atom is 0.162 e. The molecule has 0 atom stereocenters. The van der Waals surface area contributed by atoms with Gasteiger partial charge in [0.15, 0.2) is 5.82 Å². The summed E-state index contributed by atoms with van der Waals surface area (Å²) in [7, 11) is 0. The smallest absolute Gasteiger partial charge is 0.162 e. The van der Waals surface area contributed by atoms with E-state index in [9.17, 15) is 0 Å². The topological polar surface area (TPSA) is 63.6 Å². The molecule has 25 heavy (non-hydrogen) atoms. The Morgan fingerprint density at radius 2 is 1.88 bits per heavy atom. The Balaban J connectivity index is 1.71. The van der Waals surface area contributed by atoms with Gasteiger partial charge in [0.25, 0.3) is 0 Å². The van der Waals surface area contributed by atoms with Crippen molar-refractivity contribution in [3.05, 3.63) is 64.9 Å². The van der Waals surface area contributed by atoms with Crippen molar-refractivity contribution in [1.82, 2.24) is 19.9 Å². The van der Waals surface area contributed by atoms with Crippen LogP contribution in [0.15, 0.2) is 55.0 Å². The molecule has 3 aromatic heterocycles. The number of nitrogens with one attached hydrogen (secondary N) is 1. The first-order valence-corrected chi connectivity index (χ1v) is 9.00. The summed E-state index contributed by atoms with van der Waals surface area (Å²) >= 11 is 1.73. The normalized spacial score (nSPS) is 10.9. The van der Waals surface area contributed by atoms with Crippen LogP contribution in [0.1, 0.15) is 16.8 Å². The number of aryl methyl sites for hydroxylation is 1. The Morgan fingerprint density at radius 1 is 1.04 bits per heavy atom. The number of benzene rings is 1. The number of thiazole rings is 1. The molecule has 6 heteroatoms. The fraction of sp³-hybridized carbons (Fsp3) is 0.158. The van der Waals surface area contributed by atoms with E-state index in [0.29, 0.717) is 12.4 Å². The molecule has 0 bridgehead atoms. The number of hydrogen-bond donors (Lipinski definition) is 1. The van der Waals surface area contributed by atoms with Crippen LogP contribution in [0, 0.1) is 0 Å². The minimum absolute atomic E-state index is 0.654. The third-order valence-corrected chi connectivity index (χ3v) is 5.04. The highest BCUT2D eigenvalue weighted by molar-refractivity contribution is 7.11. The molecule has 0 unspecified atom stereocenters. The number of nitrogens with zero attached hydrogens (tertiary/aromatic N) is 4. The number of rotatable bonds is 5. The van der Waals surface area contributed by atoms with Crippen molar-refractivity contribution < 1.29 is 0 Å². The molecule has 0 spiro atoms. The lowest BCUT2D eigenvalue weighted by Crippen LogP contribution is -2.04. The zero-order valence-electron chi connectivity index (χ0n) is 13.8. The van der Waals surface area contributed by atoms with Crippen LogP contribution in [0.2, 0.25) is 0 Å². The molecule has 4 aromatic rings. The van der Waals surface area contributed by atoms with Crippen LogP contribution in [0.5, 0.6) is 0 Å². The monoisotopic (exact) mass is 347 g/mol. The van der Waals surface area contributed by atoms with Gasteiger partial charge in [0.05, 0.1) is 12.1 Å². The molecule has 0 fully saturated rings. The van der Waals surface area contributed by atoms with Gasteiger partial charge in [-0.3, -0.25) is 4.98 Å². The van der Waals surface area contributed by atoms with E-state index in [0.717, 1.165) is 33.7 Å². The van der Waals surface area contributed by atoms with Gasteiger partial charge in [-0.2, -0.15) is 0 Å². The second-order valence-corrected chi connectivity index (χ2v) is 6.78. The van der Waals surface area contributed by atoms with Crippen LogP contribution < -0.4 is 5.32 Å². The maximum atomic E-state index is 4.74. The summed E-state index contributed by atoms with van der Waals surface area (Å²) < 4.78 is 0. The fourth-order valence-electron chi connectivity index (χ4n) is 2.59. The zero-order chi connectivity index (χ0) is 17.1. The summed E-state index contributed by atoms with van der Waals surface area (Å²) in [6, 6.07) is 11.9. The predicted octanol–water partition coefficient (Wildman–Crippen LogP) is 4.32. The van der Waals surface area contributed by atoms with Crippen molar-refractivity contribution in [2.45, 2.75) is 19.9 Å². The molecule has 0 amide bonds. The molecule has 0 saturated heterocycles. The predicted molar refractivity (Wildman–Crippen MR) is 102 cm³/mol. The molecule has 0 radical (unpaired) electrons. The quantitative estimate of drug-likeness (QED) is 0.582. The van der Waals surface area contributed by atoms with E-state index in [1.807, 2.05) is 42.6 Å². The minimum Gasteiger partial charge on any atom is -0.363 e. The molecule has 0 saturated carbocycles. The second-order valence-electron chi connectivity index (χ2n) is 5.58. The van der Waals surface area contributed by atoms with E-state index in [2.05, 4.69) is 27.2 Å². The largest absolute Gasteiger partial charge is 0.363 e. The van der Waals surface area contributed by atoms with Crippen LogP contribution in [-0.4, -0.2) is 19.9 Å². The first kappa shape index (κ1) is 15.7. The van der Waals surface area contributed by atoms with Gasteiger partial charge in [-0.05, 0) is 30.7 Å². The molecular weight excluding hydrogens is 330 g/mol. The van der Waals surface area contributed by atoms with Crippen molar-refractivity contribution in [3.63, 3.8) is 0 Å². The summed E-state index contributed by atoms with van der Waals surface area (Å²) in [6.07, 6.45) is 6.47. The molecule has 124 valence electrons. The molecule has 0 aliphatic carbocycles. The van der Waals surface area contributed by atoms with Crippen molar-refractivity contribution in [1.29, 1.82) is 0 Å². The van der Waals surface area contributed by atoms with Crippen molar-refractivity contribution >= 4 is 28.1 Å². The van der Waals surface area contributed by atoms with Crippen molar-refractivity contribution in [3.8, 4) is 11.4 Å². The summed E-state index contributed by atoms with van der Waals surface area (Å²) in [5.41, 5.74) is 1.87. The van der Waals surface area contributed by atoms with Gasteiger partial charge in [0, 0.05) is 34.4 Å². The minimum atomic E-state index is 0.654.